The number of benzene rings is 1. The first-order valence-electron chi connectivity index (χ1n) is 10.6. The second-order valence-electron chi connectivity index (χ2n) is 7.61. The quantitative estimate of drug-likeness (QED) is 0.244. The number of amides is 1. The van der Waals surface area contributed by atoms with Crippen LogP contribution in [0.2, 0.25) is 0 Å². The van der Waals surface area contributed by atoms with Gasteiger partial charge in [-0.15, -0.1) is 0 Å². The predicted octanol–water partition coefficient (Wildman–Crippen LogP) is 3.73. The van der Waals surface area contributed by atoms with Gasteiger partial charge in [0.2, 0.25) is 5.91 Å². The first-order valence-corrected chi connectivity index (χ1v) is 10.6. The van der Waals surface area contributed by atoms with Crippen molar-refractivity contribution >= 4 is 58.1 Å². The number of carbonyl (C=O) groups excluding carboxylic acids is 2. The maximum atomic E-state index is 12.2. The first-order chi connectivity index (χ1) is 14.0. The second kappa shape index (κ2) is 14.4. The minimum absolute atomic E-state index is 0. The summed E-state index contributed by atoms with van der Waals surface area (Å²) in [7, 11) is 0. The van der Waals surface area contributed by atoms with Gasteiger partial charge < -0.3 is 15.4 Å². The zero-order valence-corrected chi connectivity index (χ0v) is 17.2. The van der Waals surface area contributed by atoms with Crippen molar-refractivity contribution in [2.75, 3.05) is 0 Å². The number of carbonyl (C=O) groups is 3. The van der Waals surface area contributed by atoms with Crippen molar-refractivity contribution in [2.24, 2.45) is 0 Å². The van der Waals surface area contributed by atoms with Gasteiger partial charge in [-0.1, -0.05) is 63.6 Å². The number of fused-ring (bicyclic) bond motifs is 1. The molecule has 7 heteroatoms. The Morgan fingerprint density at radius 1 is 1.03 bits per heavy atom. The molecule has 0 saturated carbocycles. The van der Waals surface area contributed by atoms with Gasteiger partial charge in [-0.2, -0.15) is 0 Å². The summed E-state index contributed by atoms with van der Waals surface area (Å²) >= 11 is 0. The van der Waals surface area contributed by atoms with Gasteiger partial charge in [0.15, 0.2) is 0 Å². The van der Waals surface area contributed by atoms with E-state index in [9.17, 15) is 19.5 Å². The molecule has 0 aliphatic heterocycles. The molecule has 0 radical (unpaired) electrons. The van der Waals surface area contributed by atoms with E-state index < -0.39 is 17.9 Å². The number of nitrogens with one attached hydrogen (secondary N) is 2. The monoisotopic (exact) mass is 424 g/mol. The van der Waals surface area contributed by atoms with E-state index in [1.807, 2.05) is 24.3 Å². The summed E-state index contributed by atoms with van der Waals surface area (Å²) in [6.07, 6.45) is 9.84. The molecular formula is C23H33N2NaO4. The van der Waals surface area contributed by atoms with Crippen LogP contribution in [-0.4, -0.2) is 63.3 Å². The van der Waals surface area contributed by atoms with Gasteiger partial charge in [0.1, 0.15) is 11.8 Å². The van der Waals surface area contributed by atoms with Crippen LogP contribution < -0.4 is 5.32 Å². The van der Waals surface area contributed by atoms with E-state index in [0.29, 0.717) is 6.42 Å². The van der Waals surface area contributed by atoms with E-state index in [4.69, 9.17) is 0 Å². The fraction of sp³-hybridized carbons (Fsp3) is 0.522. The summed E-state index contributed by atoms with van der Waals surface area (Å²) < 4.78 is 0. The average molecular weight is 425 g/mol. The van der Waals surface area contributed by atoms with E-state index in [1.165, 1.54) is 25.7 Å². The van der Waals surface area contributed by atoms with Crippen LogP contribution in [0, 0.1) is 0 Å². The molecule has 1 aromatic heterocycles. The van der Waals surface area contributed by atoms with Crippen LogP contribution in [-0.2, 0) is 20.8 Å². The van der Waals surface area contributed by atoms with E-state index in [1.54, 1.807) is 6.20 Å². The third-order valence-electron chi connectivity index (χ3n) is 5.15. The van der Waals surface area contributed by atoms with E-state index >= 15 is 0 Å². The van der Waals surface area contributed by atoms with Crippen molar-refractivity contribution in [1.29, 1.82) is 0 Å². The number of para-hydroxylation sites is 1. The third-order valence-corrected chi connectivity index (χ3v) is 5.15. The van der Waals surface area contributed by atoms with Crippen molar-refractivity contribution in [3.05, 3.63) is 36.0 Å². The third kappa shape index (κ3) is 9.02. The van der Waals surface area contributed by atoms with Gasteiger partial charge in [0, 0.05) is 29.9 Å². The predicted molar refractivity (Wildman–Crippen MR) is 121 cm³/mol. The number of carboxylic acid groups (broad SMARTS) is 1. The standard InChI is InChI=1S/C23H32N2O4.Na.H/c1-2-3-4-5-6-7-8-11-18(26)15-22(27)25-21(23(28)29)14-17-16-24-20-13-10-9-12-19(17)20;;/h9-10,12-13,16,21,24H,2-8,11,14-15H2,1H3,(H,25,27)(H,28,29);;. The molecule has 3 N–H and O–H groups in total. The summed E-state index contributed by atoms with van der Waals surface area (Å²) in [5.41, 5.74) is 1.74. The van der Waals surface area contributed by atoms with E-state index in [2.05, 4.69) is 17.2 Å². The number of hydrogen-bond acceptors (Lipinski definition) is 3. The topological polar surface area (TPSA) is 99.3 Å². The first kappa shape index (κ1) is 26.4. The minimum atomic E-state index is -1.11. The summed E-state index contributed by atoms with van der Waals surface area (Å²) in [5.74, 6) is -1.76. The summed E-state index contributed by atoms with van der Waals surface area (Å²) in [4.78, 5) is 38.9. The molecule has 6 nitrogen and oxygen atoms in total. The van der Waals surface area contributed by atoms with Gasteiger partial charge in [-0.3, -0.25) is 9.59 Å². The Morgan fingerprint density at radius 3 is 2.40 bits per heavy atom. The van der Waals surface area contributed by atoms with E-state index in [0.717, 1.165) is 35.7 Å². The molecule has 0 fully saturated rings. The molecule has 1 amide bonds. The van der Waals surface area contributed by atoms with Gasteiger partial charge >= 0.3 is 35.5 Å². The number of unbranched alkanes of at least 4 members (excludes halogenated alkanes) is 6. The van der Waals surface area contributed by atoms with Crippen molar-refractivity contribution in [2.45, 2.75) is 77.2 Å². The Kier molecular flexibility index (Phi) is 12.7. The number of aliphatic carboxylic acids is 1. The van der Waals surface area contributed by atoms with Crippen LogP contribution in [0.5, 0.6) is 0 Å². The zero-order chi connectivity index (χ0) is 21.1. The fourth-order valence-electron chi connectivity index (χ4n) is 3.51. The number of H-pyrrole nitrogens is 1. The van der Waals surface area contributed by atoms with Crippen LogP contribution in [0.15, 0.2) is 30.5 Å². The van der Waals surface area contributed by atoms with Crippen molar-refractivity contribution in [3.8, 4) is 0 Å². The molecule has 2 rings (SSSR count). The maximum absolute atomic E-state index is 12.2. The molecule has 0 aliphatic rings. The van der Waals surface area contributed by atoms with E-state index in [-0.39, 0.29) is 48.2 Å². The SMILES string of the molecule is CCCCCCCCCC(=O)CC(=O)NC(Cc1c[nH]c2ccccc12)C(=O)O.[NaH]. The number of carboxylic acids is 1. The Labute approximate surface area is 200 Å². The number of aromatic nitrogens is 1. The molecule has 160 valence electrons. The number of Topliss-reactive ketones (excluding diaryl/α,β-unsaturated/α-hetero) is 1. The summed E-state index contributed by atoms with van der Waals surface area (Å²) in [6.45, 7) is 2.18. The summed E-state index contributed by atoms with van der Waals surface area (Å²) in [5, 5.41) is 12.9. The Hall–Kier alpha value is -1.63. The molecular weight excluding hydrogens is 391 g/mol. The van der Waals surface area contributed by atoms with Crippen LogP contribution in [0.1, 0.15) is 70.3 Å². The molecule has 0 saturated heterocycles. The number of aromatic amines is 1. The Morgan fingerprint density at radius 2 is 1.70 bits per heavy atom. The molecule has 0 aliphatic carbocycles. The van der Waals surface area contributed by atoms with Gasteiger partial charge in [0.25, 0.3) is 0 Å². The number of ketones is 1. The van der Waals surface area contributed by atoms with Gasteiger partial charge in [-0.05, 0) is 18.1 Å². The molecule has 1 heterocycles. The van der Waals surface area contributed by atoms with Gasteiger partial charge in [0.05, 0.1) is 6.42 Å². The second-order valence-corrected chi connectivity index (χ2v) is 7.61. The average Bonchev–Trinajstić information content (AvgIpc) is 3.09. The molecule has 0 spiro atoms. The normalized spacial score (nSPS) is 11.6. The Bertz CT molecular complexity index is 818. The number of rotatable bonds is 14. The molecule has 30 heavy (non-hydrogen) atoms. The summed E-state index contributed by atoms with van der Waals surface area (Å²) in [6, 6.07) is 6.54. The van der Waals surface area contributed by atoms with Crippen LogP contribution >= 0.6 is 0 Å². The van der Waals surface area contributed by atoms with Crippen LogP contribution in [0.25, 0.3) is 10.9 Å². The van der Waals surface area contributed by atoms with Crippen molar-refractivity contribution in [3.63, 3.8) is 0 Å². The molecule has 1 atom stereocenters. The van der Waals surface area contributed by atoms with Crippen molar-refractivity contribution in [1.82, 2.24) is 10.3 Å². The Balaban J connectivity index is 0.00000450. The van der Waals surface area contributed by atoms with Crippen LogP contribution in [0.4, 0.5) is 0 Å². The molecule has 1 aromatic carbocycles. The van der Waals surface area contributed by atoms with Crippen molar-refractivity contribution < 1.29 is 19.5 Å². The molecule has 1 unspecified atom stereocenters. The van der Waals surface area contributed by atoms with Gasteiger partial charge in [-0.25, -0.2) is 4.79 Å². The van der Waals surface area contributed by atoms with Crippen LogP contribution in [0.3, 0.4) is 0 Å². The molecule has 2 aromatic rings. The fourth-order valence-corrected chi connectivity index (χ4v) is 3.51. The number of hydrogen-bond donors (Lipinski definition) is 3. The zero-order valence-electron chi connectivity index (χ0n) is 17.2. The molecule has 0 bridgehead atoms.